The molecule has 0 bridgehead atoms. The number of benzene rings is 2. The Morgan fingerprint density at radius 1 is 1.04 bits per heavy atom. The maximum atomic E-state index is 12.5. The first-order chi connectivity index (χ1) is 11.1. The summed E-state index contributed by atoms with van der Waals surface area (Å²) in [5.74, 6) is -0.324. The Hall–Kier alpha value is -1.28. The topological polar surface area (TPSA) is 55.4 Å². The lowest BCUT2D eigenvalue weighted by Gasteiger charge is -2.15. The predicted molar refractivity (Wildman–Crippen MR) is 90.1 cm³/mol. The van der Waals surface area contributed by atoms with Crippen LogP contribution >= 0.6 is 34.8 Å². The van der Waals surface area contributed by atoms with E-state index in [1.54, 1.807) is 6.92 Å². The van der Waals surface area contributed by atoms with E-state index < -0.39 is 16.6 Å². The van der Waals surface area contributed by atoms with Crippen molar-refractivity contribution >= 4 is 50.5 Å². The number of anilines is 1. The zero-order valence-electron chi connectivity index (χ0n) is 12.0. The van der Waals surface area contributed by atoms with E-state index in [4.69, 9.17) is 34.8 Å². The van der Waals surface area contributed by atoms with Gasteiger partial charge in [0.15, 0.2) is 0 Å². The average molecular weight is 417 g/mol. The quantitative estimate of drug-likeness (QED) is 0.668. The molecule has 10 heteroatoms. The molecule has 0 radical (unpaired) electrons. The van der Waals surface area contributed by atoms with Gasteiger partial charge in [-0.2, -0.15) is 8.78 Å². The Morgan fingerprint density at radius 2 is 1.67 bits per heavy atom. The number of ether oxygens (including phenoxy) is 1. The van der Waals surface area contributed by atoms with Gasteiger partial charge >= 0.3 is 6.61 Å². The van der Waals surface area contributed by atoms with Gasteiger partial charge in [-0.05, 0) is 36.8 Å². The van der Waals surface area contributed by atoms with Gasteiger partial charge in [0.1, 0.15) is 10.6 Å². The smallest absolute Gasteiger partial charge is 0.387 e. The van der Waals surface area contributed by atoms with Crippen LogP contribution in [0.5, 0.6) is 5.75 Å². The first kappa shape index (κ1) is 19.1. The number of alkyl halides is 2. The van der Waals surface area contributed by atoms with Crippen molar-refractivity contribution in [1.82, 2.24) is 0 Å². The molecule has 0 fully saturated rings. The van der Waals surface area contributed by atoms with Crippen LogP contribution in [-0.2, 0) is 10.0 Å². The molecule has 4 nitrogen and oxygen atoms in total. The molecule has 2 rings (SSSR count). The van der Waals surface area contributed by atoms with Gasteiger partial charge in [-0.25, -0.2) is 8.42 Å². The molecule has 0 heterocycles. The lowest BCUT2D eigenvalue weighted by atomic mass is 10.2. The maximum Gasteiger partial charge on any atom is 0.387 e. The van der Waals surface area contributed by atoms with Crippen LogP contribution in [0.2, 0.25) is 15.1 Å². The molecule has 0 saturated heterocycles. The zero-order valence-corrected chi connectivity index (χ0v) is 15.1. The second-order valence-corrected chi connectivity index (χ2v) is 7.55. The third kappa shape index (κ3) is 4.42. The van der Waals surface area contributed by atoms with Crippen molar-refractivity contribution in [2.75, 3.05) is 4.72 Å². The summed E-state index contributed by atoms with van der Waals surface area (Å²) in [6, 6.07) is 6.32. The highest BCUT2D eigenvalue weighted by atomic mass is 35.5. The van der Waals surface area contributed by atoms with Gasteiger partial charge in [-0.15, -0.1) is 0 Å². The fourth-order valence-electron chi connectivity index (χ4n) is 1.83. The highest BCUT2D eigenvalue weighted by Crippen LogP contribution is 2.34. The fraction of sp³-hybridized carbons (Fsp3) is 0.143. The van der Waals surface area contributed by atoms with Crippen LogP contribution in [0.25, 0.3) is 0 Å². The van der Waals surface area contributed by atoms with Gasteiger partial charge in [0.05, 0.1) is 20.8 Å². The largest absolute Gasteiger partial charge is 0.433 e. The lowest BCUT2D eigenvalue weighted by Crippen LogP contribution is -2.15. The summed E-state index contributed by atoms with van der Waals surface area (Å²) in [7, 11) is -4.21. The van der Waals surface area contributed by atoms with E-state index in [2.05, 4.69) is 9.46 Å². The van der Waals surface area contributed by atoms with Crippen molar-refractivity contribution in [2.45, 2.75) is 18.4 Å². The number of halogens is 5. The number of nitrogens with one attached hydrogen (secondary N) is 1. The summed E-state index contributed by atoms with van der Waals surface area (Å²) in [4.78, 5) is -0.344. The van der Waals surface area contributed by atoms with Crippen LogP contribution < -0.4 is 9.46 Å². The molecule has 0 aliphatic heterocycles. The molecule has 0 atom stereocenters. The first-order valence-corrected chi connectivity index (χ1v) is 8.94. The van der Waals surface area contributed by atoms with Crippen LogP contribution in [0, 0.1) is 6.92 Å². The molecule has 130 valence electrons. The molecule has 0 saturated carbocycles. The monoisotopic (exact) mass is 415 g/mol. The van der Waals surface area contributed by atoms with E-state index in [1.165, 1.54) is 24.3 Å². The number of sulfonamides is 1. The van der Waals surface area contributed by atoms with Gasteiger partial charge in [0, 0.05) is 0 Å². The standard InChI is InChI=1S/C14H10Cl3F2NO3S/c1-7-2-3-12(23-14(18)19)11(4-7)20-24(21,22)13-6-9(16)8(15)5-10(13)17/h2-6,14,20H,1H3. The number of rotatable bonds is 5. The van der Waals surface area contributed by atoms with E-state index in [1.807, 2.05) is 0 Å². The Kier molecular flexibility index (Phi) is 5.80. The van der Waals surface area contributed by atoms with Crippen LogP contribution in [-0.4, -0.2) is 15.0 Å². The van der Waals surface area contributed by atoms with Crippen molar-refractivity contribution in [1.29, 1.82) is 0 Å². The molecule has 0 aromatic heterocycles. The van der Waals surface area contributed by atoms with Crippen molar-refractivity contribution in [3.8, 4) is 5.75 Å². The SMILES string of the molecule is Cc1ccc(OC(F)F)c(NS(=O)(=O)c2cc(Cl)c(Cl)cc2Cl)c1. The van der Waals surface area contributed by atoms with Crippen LogP contribution in [0.1, 0.15) is 5.56 Å². The van der Waals surface area contributed by atoms with Crippen LogP contribution in [0.3, 0.4) is 0 Å². The van der Waals surface area contributed by atoms with Gasteiger partial charge in [0.25, 0.3) is 10.0 Å². The number of hydrogen-bond donors (Lipinski definition) is 1. The van der Waals surface area contributed by atoms with E-state index in [-0.39, 0.29) is 31.4 Å². The highest BCUT2D eigenvalue weighted by Gasteiger charge is 2.22. The molecular weight excluding hydrogens is 407 g/mol. The molecule has 0 spiro atoms. The number of hydrogen-bond acceptors (Lipinski definition) is 3. The van der Waals surface area contributed by atoms with E-state index in [0.717, 1.165) is 6.07 Å². The summed E-state index contributed by atoms with van der Waals surface area (Å²) < 4.78 is 56.4. The first-order valence-electron chi connectivity index (χ1n) is 6.33. The van der Waals surface area contributed by atoms with Crippen molar-refractivity contribution in [3.63, 3.8) is 0 Å². The third-order valence-corrected chi connectivity index (χ3v) is 5.41. The van der Waals surface area contributed by atoms with Gasteiger partial charge in [-0.3, -0.25) is 4.72 Å². The minimum Gasteiger partial charge on any atom is -0.433 e. The lowest BCUT2D eigenvalue weighted by molar-refractivity contribution is -0.0493. The zero-order chi connectivity index (χ0) is 18.1. The second-order valence-electron chi connectivity index (χ2n) is 4.68. The molecule has 2 aromatic carbocycles. The summed E-state index contributed by atoms with van der Waals surface area (Å²) in [5, 5.41) is -0.103. The fourth-order valence-corrected chi connectivity index (χ4v) is 3.90. The van der Waals surface area contributed by atoms with Gasteiger partial charge < -0.3 is 4.74 Å². The molecular formula is C14H10Cl3F2NO3S. The van der Waals surface area contributed by atoms with Crippen molar-refractivity contribution in [2.24, 2.45) is 0 Å². The van der Waals surface area contributed by atoms with E-state index in [9.17, 15) is 17.2 Å². The van der Waals surface area contributed by atoms with Crippen LogP contribution in [0.4, 0.5) is 14.5 Å². The van der Waals surface area contributed by atoms with Crippen molar-refractivity contribution in [3.05, 3.63) is 51.0 Å². The highest BCUT2D eigenvalue weighted by molar-refractivity contribution is 7.92. The predicted octanol–water partition coefficient (Wildman–Crippen LogP) is 5.36. The summed E-state index contributed by atoms with van der Waals surface area (Å²) in [6.07, 6.45) is 0. The average Bonchev–Trinajstić information content (AvgIpc) is 2.45. The molecule has 24 heavy (non-hydrogen) atoms. The normalized spacial score (nSPS) is 11.6. The summed E-state index contributed by atoms with van der Waals surface area (Å²) in [6.45, 7) is -1.44. The minimum absolute atomic E-state index is 0.0188. The summed E-state index contributed by atoms with van der Waals surface area (Å²) >= 11 is 17.5. The Morgan fingerprint density at radius 3 is 2.29 bits per heavy atom. The second kappa shape index (κ2) is 7.31. The number of aryl methyl sites for hydroxylation is 1. The van der Waals surface area contributed by atoms with Crippen LogP contribution in [0.15, 0.2) is 35.2 Å². The van der Waals surface area contributed by atoms with E-state index in [0.29, 0.717) is 5.56 Å². The van der Waals surface area contributed by atoms with E-state index >= 15 is 0 Å². The Labute approximate surface area is 152 Å². The molecule has 0 aliphatic carbocycles. The molecule has 1 N–H and O–H groups in total. The Bertz CT molecular complexity index is 876. The maximum absolute atomic E-state index is 12.5. The van der Waals surface area contributed by atoms with Gasteiger partial charge in [0.2, 0.25) is 0 Å². The van der Waals surface area contributed by atoms with Gasteiger partial charge in [-0.1, -0.05) is 40.9 Å². The summed E-state index contributed by atoms with van der Waals surface area (Å²) in [5.41, 5.74) is 0.479. The minimum atomic E-state index is -4.21. The van der Waals surface area contributed by atoms with Crippen molar-refractivity contribution < 1.29 is 21.9 Å². The molecule has 0 aliphatic rings. The molecule has 0 amide bonds. The molecule has 0 unspecified atom stereocenters. The Balaban J connectivity index is 2.47. The third-order valence-electron chi connectivity index (χ3n) is 2.86. The molecule has 2 aromatic rings.